The van der Waals surface area contributed by atoms with E-state index in [1.54, 1.807) is 36.1 Å². The van der Waals surface area contributed by atoms with Crippen LogP contribution in [0.4, 0.5) is 0 Å². The molecule has 2 amide bonds. The van der Waals surface area contributed by atoms with Crippen LogP contribution in [0.25, 0.3) is 11.4 Å². The number of nitrogens with zero attached hydrogens (tertiary/aromatic N) is 6. The molecule has 1 aliphatic heterocycles. The average molecular weight is 366 g/mol. The number of primary amides is 1. The second-order valence-electron chi connectivity index (χ2n) is 6.43. The van der Waals surface area contributed by atoms with Gasteiger partial charge in [0.2, 0.25) is 11.8 Å². The summed E-state index contributed by atoms with van der Waals surface area (Å²) >= 11 is 0. The SMILES string of the molecule is C[C@@H](C(=O)N1CCc2nc(-c3ccc(C(N)=O)cc3)[nH]c2C1)n1cnnn1. The quantitative estimate of drug-likeness (QED) is 0.682. The van der Waals surface area contributed by atoms with Gasteiger partial charge in [0.1, 0.15) is 18.2 Å². The molecule has 1 atom stereocenters. The van der Waals surface area contributed by atoms with Crippen molar-refractivity contribution >= 4 is 11.8 Å². The zero-order chi connectivity index (χ0) is 19.0. The summed E-state index contributed by atoms with van der Waals surface area (Å²) in [7, 11) is 0. The van der Waals surface area contributed by atoms with E-state index >= 15 is 0 Å². The number of aromatic nitrogens is 6. The minimum atomic E-state index is -0.467. The molecule has 4 rings (SSSR count). The Morgan fingerprint density at radius 3 is 2.70 bits per heavy atom. The summed E-state index contributed by atoms with van der Waals surface area (Å²) in [6.45, 7) is 2.81. The molecule has 3 N–H and O–H groups in total. The first-order valence-corrected chi connectivity index (χ1v) is 8.52. The number of fused-ring (bicyclic) bond motifs is 1. The van der Waals surface area contributed by atoms with E-state index in [0.29, 0.717) is 30.9 Å². The fraction of sp³-hybridized carbons (Fsp3) is 0.294. The van der Waals surface area contributed by atoms with Crippen LogP contribution in [-0.2, 0) is 17.8 Å². The topological polar surface area (TPSA) is 136 Å². The number of nitrogens with two attached hydrogens (primary N) is 1. The highest BCUT2D eigenvalue weighted by Gasteiger charge is 2.28. The van der Waals surface area contributed by atoms with Crippen molar-refractivity contribution < 1.29 is 9.59 Å². The molecule has 138 valence electrons. The lowest BCUT2D eigenvalue weighted by Gasteiger charge is -2.28. The van der Waals surface area contributed by atoms with E-state index in [2.05, 4.69) is 25.5 Å². The van der Waals surface area contributed by atoms with E-state index in [1.165, 1.54) is 11.0 Å². The molecule has 3 aromatic rings. The lowest BCUT2D eigenvalue weighted by molar-refractivity contribution is -0.135. The van der Waals surface area contributed by atoms with Crippen molar-refractivity contribution in [1.82, 2.24) is 35.1 Å². The number of H-pyrrole nitrogens is 1. The smallest absolute Gasteiger partial charge is 0.248 e. The van der Waals surface area contributed by atoms with Gasteiger partial charge in [-0.05, 0) is 29.5 Å². The Morgan fingerprint density at radius 1 is 1.26 bits per heavy atom. The van der Waals surface area contributed by atoms with E-state index in [-0.39, 0.29) is 5.91 Å². The second kappa shape index (κ2) is 6.63. The molecule has 0 unspecified atom stereocenters. The third kappa shape index (κ3) is 3.16. The Balaban J connectivity index is 1.52. The van der Waals surface area contributed by atoms with Gasteiger partial charge in [0.05, 0.1) is 17.9 Å². The first kappa shape index (κ1) is 16.9. The first-order chi connectivity index (χ1) is 13.0. The lowest BCUT2D eigenvalue weighted by atomic mass is 10.1. The summed E-state index contributed by atoms with van der Waals surface area (Å²) in [5, 5.41) is 10.9. The van der Waals surface area contributed by atoms with Crippen LogP contribution >= 0.6 is 0 Å². The number of benzene rings is 1. The molecule has 0 spiro atoms. The number of hydrogen-bond acceptors (Lipinski definition) is 6. The van der Waals surface area contributed by atoms with Crippen LogP contribution in [0, 0.1) is 0 Å². The molecule has 2 aromatic heterocycles. The third-order valence-electron chi connectivity index (χ3n) is 4.71. The van der Waals surface area contributed by atoms with Crippen molar-refractivity contribution in [1.29, 1.82) is 0 Å². The molecule has 0 bridgehead atoms. The summed E-state index contributed by atoms with van der Waals surface area (Å²) in [4.78, 5) is 33.6. The first-order valence-electron chi connectivity index (χ1n) is 8.52. The number of rotatable bonds is 4. The molecule has 0 saturated carbocycles. The maximum Gasteiger partial charge on any atom is 0.248 e. The Hall–Kier alpha value is -3.56. The zero-order valence-corrected chi connectivity index (χ0v) is 14.7. The molecule has 10 nitrogen and oxygen atoms in total. The highest BCUT2D eigenvalue weighted by Crippen LogP contribution is 2.24. The molecule has 10 heteroatoms. The van der Waals surface area contributed by atoms with Crippen LogP contribution in [0.2, 0.25) is 0 Å². The monoisotopic (exact) mass is 366 g/mol. The van der Waals surface area contributed by atoms with Gasteiger partial charge in [-0.2, -0.15) is 0 Å². The van der Waals surface area contributed by atoms with Gasteiger partial charge in [-0.3, -0.25) is 9.59 Å². The third-order valence-corrected chi connectivity index (χ3v) is 4.71. The van der Waals surface area contributed by atoms with Crippen LogP contribution in [0.1, 0.15) is 34.7 Å². The summed E-state index contributed by atoms with van der Waals surface area (Å²) in [6.07, 6.45) is 2.10. The Morgan fingerprint density at radius 2 is 2.04 bits per heavy atom. The molecule has 0 radical (unpaired) electrons. The highest BCUT2D eigenvalue weighted by molar-refractivity contribution is 5.93. The molecule has 3 heterocycles. The number of aromatic amines is 1. The molecule has 27 heavy (non-hydrogen) atoms. The van der Waals surface area contributed by atoms with Gasteiger partial charge in [0.15, 0.2) is 0 Å². The number of tetrazole rings is 1. The summed E-state index contributed by atoms with van der Waals surface area (Å²) in [6, 6.07) is 6.47. The van der Waals surface area contributed by atoms with Gasteiger partial charge in [0, 0.05) is 24.1 Å². The summed E-state index contributed by atoms with van der Waals surface area (Å²) in [5.74, 6) is 0.194. The van der Waals surface area contributed by atoms with Crippen LogP contribution < -0.4 is 5.73 Å². The van der Waals surface area contributed by atoms with Gasteiger partial charge in [-0.25, -0.2) is 9.67 Å². The Kier molecular flexibility index (Phi) is 4.15. The Labute approximate surface area is 154 Å². The van der Waals surface area contributed by atoms with Crippen molar-refractivity contribution in [3.8, 4) is 11.4 Å². The maximum absolute atomic E-state index is 12.7. The van der Waals surface area contributed by atoms with Gasteiger partial charge >= 0.3 is 0 Å². The van der Waals surface area contributed by atoms with E-state index in [9.17, 15) is 9.59 Å². The van der Waals surface area contributed by atoms with Crippen molar-refractivity contribution in [2.24, 2.45) is 5.73 Å². The van der Waals surface area contributed by atoms with Crippen LogP contribution in [0.3, 0.4) is 0 Å². The fourth-order valence-corrected chi connectivity index (χ4v) is 3.13. The van der Waals surface area contributed by atoms with Crippen molar-refractivity contribution in [3.05, 3.63) is 47.5 Å². The number of carbonyl (C=O) groups is 2. The van der Waals surface area contributed by atoms with E-state index in [1.807, 2.05) is 0 Å². The number of imidazole rings is 1. The predicted molar refractivity (Wildman–Crippen MR) is 94.2 cm³/mol. The number of amides is 2. The fourth-order valence-electron chi connectivity index (χ4n) is 3.13. The summed E-state index contributed by atoms with van der Waals surface area (Å²) in [5.41, 5.74) is 8.43. The molecule has 0 aliphatic carbocycles. The van der Waals surface area contributed by atoms with E-state index in [0.717, 1.165) is 17.0 Å². The van der Waals surface area contributed by atoms with Gasteiger partial charge in [0.25, 0.3) is 0 Å². The summed E-state index contributed by atoms with van der Waals surface area (Å²) < 4.78 is 1.44. The molecule has 1 aliphatic rings. The maximum atomic E-state index is 12.7. The molecular weight excluding hydrogens is 348 g/mol. The minimum absolute atomic E-state index is 0.0464. The molecule has 1 aromatic carbocycles. The number of hydrogen-bond donors (Lipinski definition) is 2. The van der Waals surface area contributed by atoms with Crippen LogP contribution in [0.5, 0.6) is 0 Å². The largest absolute Gasteiger partial charge is 0.366 e. The van der Waals surface area contributed by atoms with E-state index < -0.39 is 11.9 Å². The van der Waals surface area contributed by atoms with Gasteiger partial charge in [-0.1, -0.05) is 12.1 Å². The van der Waals surface area contributed by atoms with Crippen molar-refractivity contribution in [2.45, 2.75) is 25.9 Å². The van der Waals surface area contributed by atoms with Crippen LogP contribution in [-0.4, -0.2) is 53.4 Å². The van der Waals surface area contributed by atoms with Crippen LogP contribution in [0.15, 0.2) is 30.6 Å². The minimum Gasteiger partial charge on any atom is -0.366 e. The van der Waals surface area contributed by atoms with Gasteiger partial charge < -0.3 is 15.6 Å². The van der Waals surface area contributed by atoms with Crippen molar-refractivity contribution in [3.63, 3.8) is 0 Å². The Bertz CT molecular complexity index is 977. The van der Waals surface area contributed by atoms with Gasteiger partial charge in [-0.15, -0.1) is 5.10 Å². The molecular formula is C17H18N8O2. The second-order valence-corrected chi connectivity index (χ2v) is 6.43. The number of carbonyl (C=O) groups excluding carboxylic acids is 2. The highest BCUT2D eigenvalue weighted by atomic mass is 16.2. The zero-order valence-electron chi connectivity index (χ0n) is 14.7. The molecule has 0 saturated heterocycles. The normalized spacial score (nSPS) is 14.6. The number of nitrogens with one attached hydrogen (secondary N) is 1. The van der Waals surface area contributed by atoms with E-state index in [4.69, 9.17) is 5.73 Å². The standard InChI is InChI=1S/C17H18N8O2/c1-10(25-9-19-22-23-25)17(27)24-7-6-13-14(8-24)21-16(20-13)12-4-2-11(3-5-12)15(18)26/h2-5,9-10H,6-8H2,1H3,(H2,18,26)(H,20,21)/t10-/m0/s1. The lowest BCUT2D eigenvalue weighted by Crippen LogP contribution is -2.40. The van der Waals surface area contributed by atoms with Crippen molar-refractivity contribution in [2.75, 3.05) is 6.54 Å². The molecule has 0 fully saturated rings. The predicted octanol–water partition coefficient (Wildman–Crippen LogP) is 0.308. The average Bonchev–Trinajstić information content (AvgIpc) is 3.36.